The van der Waals surface area contributed by atoms with Crippen molar-refractivity contribution < 1.29 is 9.59 Å². The monoisotopic (exact) mass is 419 g/mol. The number of thiophene rings is 1. The molecule has 0 aliphatic carbocycles. The van der Waals surface area contributed by atoms with Gasteiger partial charge in [0.25, 0.3) is 11.8 Å². The van der Waals surface area contributed by atoms with Gasteiger partial charge >= 0.3 is 0 Å². The second-order valence-corrected chi connectivity index (χ2v) is 8.72. The zero-order valence-corrected chi connectivity index (χ0v) is 17.1. The average molecular weight is 420 g/mol. The van der Waals surface area contributed by atoms with E-state index in [-0.39, 0.29) is 11.8 Å². The van der Waals surface area contributed by atoms with E-state index in [0.29, 0.717) is 30.2 Å². The maximum atomic E-state index is 13.2. The fourth-order valence-corrected chi connectivity index (χ4v) is 5.22. The lowest BCUT2D eigenvalue weighted by Crippen LogP contribution is -2.35. The lowest BCUT2D eigenvalue weighted by Gasteiger charge is -2.26. The first kappa shape index (κ1) is 18.0. The lowest BCUT2D eigenvalue weighted by molar-refractivity contribution is 0.0738. The molecule has 0 saturated heterocycles. The number of rotatable bonds is 3. The minimum atomic E-state index is -0.152. The van der Waals surface area contributed by atoms with Crippen LogP contribution in [0, 0.1) is 0 Å². The number of carbonyl (C=O) groups is 2. The Hall–Kier alpha value is -3.03. The van der Waals surface area contributed by atoms with E-state index < -0.39 is 0 Å². The van der Waals surface area contributed by atoms with Crippen molar-refractivity contribution >= 4 is 50.4 Å². The van der Waals surface area contributed by atoms with Crippen molar-refractivity contribution in [1.82, 2.24) is 9.88 Å². The molecule has 0 fully saturated rings. The summed E-state index contributed by atoms with van der Waals surface area (Å²) in [6.07, 6.45) is 0.691. The molecule has 7 heteroatoms. The number of carbonyl (C=O) groups excluding carboxylic acids is 2. The zero-order chi connectivity index (χ0) is 19.8. The zero-order valence-electron chi connectivity index (χ0n) is 15.4. The van der Waals surface area contributed by atoms with Crippen LogP contribution < -0.4 is 5.32 Å². The maximum Gasteiger partial charge on any atom is 0.258 e. The number of nitrogens with one attached hydrogen (secondary N) is 1. The van der Waals surface area contributed by atoms with Crippen molar-refractivity contribution in [2.24, 2.45) is 0 Å². The molecule has 1 aliphatic heterocycles. The fourth-order valence-electron chi connectivity index (χ4n) is 3.57. The predicted octanol–water partition coefficient (Wildman–Crippen LogP) is 4.81. The number of benzene rings is 2. The van der Waals surface area contributed by atoms with Gasteiger partial charge in [-0.15, -0.1) is 0 Å². The maximum absolute atomic E-state index is 13.2. The Balaban J connectivity index is 1.36. The van der Waals surface area contributed by atoms with E-state index in [1.807, 2.05) is 58.1 Å². The van der Waals surface area contributed by atoms with Crippen LogP contribution in [0.15, 0.2) is 59.3 Å². The first-order chi connectivity index (χ1) is 14.2. The number of nitrogens with zero attached hydrogens (tertiary/aromatic N) is 2. The van der Waals surface area contributed by atoms with Crippen LogP contribution in [-0.2, 0) is 13.0 Å². The van der Waals surface area contributed by atoms with Crippen molar-refractivity contribution in [3.63, 3.8) is 0 Å². The third kappa shape index (κ3) is 3.43. The fraction of sp³-hybridized carbons (Fsp3) is 0.136. The molecule has 5 rings (SSSR count). The van der Waals surface area contributed by atoms with Gasteiger partial charge in [-0.3, -0.25) is 14.9 Å². The summed E-state index contributed by atoms with van der Waals surface area (Å²) in [6, 6.07) is 15.6. The number of fused-ring (bicyclic) bond motifs is 2. The van der Waals surface area contributed by atoms with Crippen LogP contribution in [0.4, 0.5) is 5.13 Å². The minimum Gasteiger partial charge on any atom is -0.333 e. The molecule has 0 spiro atoms. The number of aromatic nitrogens is 1. The summed E-state index contributed by atoms with van der Waals surface area (Å²) in [7, 11) is 0. The topological polar surface area (TPSA) is 62.3 Å². The first-order valence-electron chi connectivity index (χ1n) is 9.28. The van der Waals surface area contributed by atoms with Crippen molar-refractivity contribution in [3.05, 3.63) is 81.0 Å². The standard InChI is InChI=1S/C22H17N3O2S2/c26-20(15-9-11-28-13-15)24-22-23-18-8-10-25(12-19(18)29-22)21(27)17-7-3-5-14-4-1-2-6-16(14)17/h1-7,9,11,13H,8,10,12H2,(H,23,24,26). The number of thiazole rings is 1. The lowest BCUT2D eigenvalue weighted by atomic mass is 10.0. The smallest absolute Gasteiger partial charge is 0.258 e. The Bertz CT molecular complexity index is 1210. The molecule has 0 unspecified atom stereocenters. The van der Waals surface area contributed by atoms with E-state index in [9.17, 15) is 9.59 Å². The largest absolute Gasteiger partial charge is 0.333 e. The quantitative estimate of drug-likeness (QED) is 0.518. The molecular weight excluding hydrogens is 402 g/mol. The first-order valence-corrected chi connectivity index (χ1v) is 11.0. The van der Waals surface area contributed by atoms with Gasteiger partial charge in [0.15, 0.2) is 5.13 Å². The highest BCUT2D eigenvalue weighted by Crippen LogP contribution is 2.30. The number of hydrogen-bond donors (Lipinski definition) is 1. The molecule has 29 heavy (non-hydrogen) atoms. The van der Waals surface area contributed by atoms with Gasteiger partial charge in [-0.1, -0.05) is 47.7 Å². The van der Waals surface area contributed by atoms with E-state index in [0.717, 1.165) is 26.9 Å². The molecule has 4 aromatic rings. The van der Waals surface area contributed by atoms with Gasteiger partial charge in [0.05, 0.1) is 17.8 Å². The van der Waals surface area contributed by atoms with E-state index in [1.54, 1.807) is 6.07 Å². The van der Waals surface area contributed by atoms with Crippen LogP contribution in [0.2, 0.25) is 0 Å². The van der Waals surface area contributed by atoms with Gasteiger partial charge in [-0.25, -0.2) is 4.98 Å². The second-order valence-electron chi connectivity index (χ2n) is 6.86. The second kappa shape index (κ2) is 7.42. The van der Waals surface area contributed by atoms with Crippen molar-refractivity contribution in [1.29, 1.82) is 0 Å². The van der Waals surface area contributed by atoms with Crippen LogP contribution in [0.3, 0.4) is 0 Å². The summed E-state index contributed by atoms with van der Waals surface area (Å²) in [4.78, 5) is 32.9. The van der Waals surface area contributed by atoms with Gasteiger partial charge in [0, 0.05) is 28.8 Å². The summed E-state index contributed by atoms with van der Waals surface area (Å²) in [5.41, 5.74) is 2.33. The molecule has 0 saturated carbocycles. The normalized spacial score (nSPS) is 13.3. The molecule has 144 valence electrons. The van der Waals surface area contributed by atoms with Gasteiger partial charge < -0.3 is 4.90 Å². The highest BCUT2D eigenvalue weighted by molar-refractivity contribution is 7.16. The van der Waals surface area contributed by atoms with Gasteiger partial charge in [-0.05, 0) is 28.3 Å². The Kier molecular flexibility index (Phi) is 4.61. The summed E-state index contributed by atoms with van der Waals surface area (Å²) < 4.78 is 0. The van der Waals surface area contributed by atoms with E-state index in [1.165, 1.54) is 22.7 Å². The number of hydrogen-bond acceptors (Lipinski definition) is 5. The van der Waals surface area contributed by atoms with E-state index >= 15 is 0 Å². The Morgan fingerprint density at radius 1 is 1.07 bits per heavy atom. The molecule has 0 radical (unpaired) electrons. The van der Waals surface area contributed by atoms with Crippen molar-refractivity contribution in [2.75, 3.05) is 11.9 Å². The summed E-state index contributed by atoms with van der Waals surface area (Å²) in [5, 5.41) is 9.18. The highest BCUT2D eigenvalue weighted by atomic mass is 32.1. The molecule has 5 nitrogen and oxygen atoms in total. The van der Waals surface area contributed by atoms with Gasteiger partial charge in [-0.2, -0.15) is 11.3 Å². The molecule has 2 aromatic heterocycles. The van der Waals surface area contributed by atoms with Crippen LogP contribution in [0.25, 0.3) is 10.8 Å². The summed E-state index contributed by atoms with van der Waals surface area (Å²) in [5.74, 6) is -0.120. The van der Waals surface area contributed by atoms with Crippen LogP contribution >= 0.6 is 22.7 Å². The molecule has 2 amide bonds. The number of anilines is 1. The highest BCUT2D eigenvalue weighted by Gasteiger charge is 2.26. The predicted molar refractivity (Wildman–Crippen MR) is 117 cm³/mol. The number of amides is 2. The van der Waals surface area contributed by atoms with Gasteiger partial charge in [0.1, 0.15) is 0 Å². The van der Waals surface area contributed by atoms with Crippen molar-refractivity contribution in [3.8, 4) is 0 Å². The Morgan fingerprint density at radius 2 is 1.93 bits per heavy atom. The molecule has 1 N–H and O–H groups in total. The van der Waals surface area contributed by atoms with E-state index in [2.05, 4.69) is 10.3 Å². The molecule has 3 heterocycles. The SMILES string of the molecule is O=C(Nc1nc2c(s1)CN(C(=O)c1cccc3ccccc13)CC2)c1ccsc1. The van der Waals surface area contributed by atoms with Crippen LogP contribution in [-0.4, -0.2) is 28.2 Å². The van der Waals surface area contributed by atoms with Crippen molar-refractivity contribution in [2.45, 2.75) is 13.0 Å². The third-order valence-corrected chi connectivity index (χ3v) is 6.72. The Labute approximate surface area is 175 Å². The molecule has 1 aliphatic rings. The Morgan fingerprint density at radius 3 is 2.79 bits per heavy atom. The van der Waals surface area contributed by atoms with Crippen LogP contribution in [0.5, 0.6) is 0 Å². The van der Waals surface area contributed by atoms with Gasteiger partial charge in [0.2, 0.25) is 0 Å². The summed E-state index contributed by atoms with van der Waals surface area (Å²) in [6.45, 7) is 1.14. The van der Waals surface area contributed by atoms with Crippen LogP contribution in [0.1, 0.15) is 31.3 Å². The molecule has 2 aromatic carbocycles. The third-order valence-electron chi connectivity index (χ3n) is 5.04. The molecular formula is C22H17N3O2S2. The molecule has 0 bridgehead atoms. The minimum absolute atomic E-state index is 0.0321. The summed E-state index contributed by atoms with van der Waals surface area (Å²) >= 11 is 2.93. The van der Waals surface area contributed by atoms with E-state index in [4.69, 9.17) is 0 Å². The average Bonchev–Trinajstić information content (AvgIpc) is 3.42. The molecule has 0 atom stereocenters.